The van der Waals surface area contributed by atoms with Gasteiger partial charge in [-0.25, -0.2) is 9.78 Å². The zero-order chi connectivity index (χ0) is 21.0. The lowest BCUT2D eigenvalue weighted by atomic mass is 9.80. The van der Waals surface area contributed by atoms with Gasteiger partial charge in [-0.2, -0.15) is 0 Å². The molecule has 3 heterocycles. The molecule has 3 aromatic rings. The van der Waals surface area contributed by atoms with Crippen LogP contribution in [0.1, 0.15) is 22.1 Å². The van der Waals surface area contributed by atoms with Crippen LogP contribution in [-0.2, 0) is 9.53 Å². The van der Waals surface area contributed by atoms with Crippen molar-refractivity contribution in [1.82, 2.24) is 4.98 Å². The number of methoxy groups -OCH3 is 3. The van der Waals surface area contributed by atoms with E-state index in [2.05, 4.69) is 11.4 Å². The largest absolute Gasteiger partial charge is 0.493 e. The number of hydrogen-bond donors (Lipinski definition) is 1. The van der Waals surface area contributed by atoms with Crippen LogP contribution in [0.25, 0.3) is 10.2 Å². The number of carbonyl (C=O) groups excluding carboxylic acids is 1. The van der Waals surface area contributed by atoms with Crippen LogP contribution >= 0.6 is 11.3 Å². The van der Waals surface area contributed by atoms with Gasteiger partial charge in [-0.3, -0.25) is 0 Å². The van der Waals surface area contributed by atoms with E-state index in [9.17, 15) is 4.79 Å². The predicted molar refractivity (Wildman–Crippen MR) is 114 cm³/mol. The van der Waals surface area contributed by atoms with Crippen LogP contribution < -0.4 is 19.5 Å². The van der Waals surface area contributed by atoms with Gasteiger partial charge >= 0.3 is 5.97 Å². The van der Waals surface area contributed by atoms with Gasteiger partial charge in [0, 0.05) is 17.2 Å². The third kappa shape index (κ3) is 2.64. The second kappa shape index (κ2) is 6.91. The molecule has 1 N–H and O–H groups in total. The lowest BCUT2D eigenvalue weighted by Crippen LogP contribution is -2.20. The Morgan fingerprint density at radius 3 is 2.53 bits per heavy atom. The van der Waals surface area contributed by atoms with Gasteiger partial charge in [-0.1, -0.05) is 0 Å². The molecular formula is C22H20N2O5S. The van der Waals surface area contributed by atoms with Gasteiger partial charge in [0.05, 0.1) is 47.8 Å². The molecule has 1 unspecified atom stereocenters. The zero-order valence-corrected chi connectivity index (χ0v) is 17.8. The molecule has 0 saturated heterocycles. The predicted octanol–water partition coefficient (Wildman–Crippen LogP) is 4.00. The summed E-state index contributed by atoms with van der Waals surface area (Å²) in [7, 11) is 4.72. The number of nitrogens with zero attached hydrogens (tertiary/aromatic N) is 1. The van der Waals surface area contributed by atoms with Gasteiger partial charge in [0.1, 0.15) is 6.61 Å². The Balaban J connectivity index is 1.82. The Bertz CT molecular complexity index is 1200. The molecule has 7 nitrogen and oxygen atoms in total. The molecule has 1 atom stereocenters. The molecule has 2 aliphatic heterocycles. The topological polar surface area (TPSA) is 78.9 Å². The highest BCUT2D eigenvalue weighted by molar-refractivity contribution is 7.18. The lowest BCUT2D eigenvalue weighted by Gasteiger charge is -2.28. The number of rotatable bonds is 4. The summed E-state index contributed by atoms with van der Waals surface area (Å²) in [5.41, 5.74) is 4.96. The maximum absolute atomic E-state index is 12.8. The van der Waals surface area contributed by atoms with Crippen LogP contribution in [0.5, 0.6) is 17.2 Å². The smallest absolute Gasteiger partial charge is 0.337 e. The second-order valence-electron chi connectivity index (χ2n) is 7.09. The molecular weight excluding hydrogens is 404 g/mol. The molecule has 0 spiro atoms. The Kier molecular flexibility index (Phi) is 4.32. The summed E-state index contributed by atoms with van der Waals surface area (Å²) in [6.45, 7) is 2.21. The summed E-state index contributed by atoms with van der Waals surface area (Å²) in [5.74, 6) is 0.865. The third-order valence-corrected chi connectivity index (χ3v) is 6.42. The summed E-state index contributed by atoms with van der Waals surface area (Å²) in [4.78, 5) is 17.5. The first-order chi connectivity index (χ1) is 14.5. The molecule has 2 aromatic carbocycles. The van der Waals surface area contributed by atoms with Crippen molar-refractivity contribution in [2.75, 3.05) is 33.3 Å². The van der Waals surface area contributed by atoms with E-state index >= 15 is 0 Å². The summed E-state index contributed by atoms with van der Waals surface area (Å²) in [5, 5.41) is 4.35. The van der Waals surface area contributed by atoms with Gasteiger partial charge < -0.3 is 24.3 Å². The first kappa shape index (κ1) is 18.7. The Morgan fingerprint density at radius 1 is 1.13 bits per heavy atom. The molecule has 8 heteroatoms. The Hall–Kier alpha value is -3.26. The van der Waals surface area contributed by atoms with Crippen molar-refractivity contribution in [3.8, 4) is 17.2 Å². The summed E-state index contributed by atoms with van der Waals surface area (Å²) in [6.07, 6.45) is 0. The summed E-state index contributed by atoms with van der Waals surface area (Å²) >= 11 is 1.63. The van der Waals surface area contributed by atoms with E-state index in [1.165, 1.54) is 0 Å². The van der Waals surface area contributed by atoms with Crippen LogP contribution in [0.3, 0.4) is 0 Å². The number of benzene rings is 2. The average Bonchev–Trinajstić information content (AvgIpc) is 3.32. The molecule has 0 radical (unpaired) electrons. The number of hydrogen-bond acceptors (Lipinski definition) is 8. The Morgan fingerprint density at radius 2 is 1.87 bits per heavy atom. The molecule has 154 valence electrons. The highest BCUT2D eigenvalue weighted by Crippen LogP contribution is 2.50. The van der Waals surface area contributed by atoms with Crippen LogP contribution in [-0.4, -0.2) is 38.9 Å². The monoisotopic (exact) mass is 424 g/mol. The first-order valence-electron chi connectivity index (χ1n) is 9.42. The van der Waals surface area contributed by atoms with Crippen LogP contribution in [0.15, 0.2) is 35.5 Å². The second-order valence-corrected chi connectivity index (χ2v) is 8.33. The molecule has 30 heavy (non-hydrogen) atoms. The van der Waals surface area contributed by atoms with Crippen molar-refractivity contribution < 1.29 is 23.7 Å². The van der Waals surface area contributed by atoms with Crippen molar-refractivity contribution in [2.45, 2.75) is 12.8 Å². The van der Waals surface area contributed by atoms with Gasteiger partial charge in [-0.15, -0.1) is 11.3 Å². The number of aromatic nitrogens is 1. The summed E-state index contributed by atoms with van der Waals surface area (Å²) < 4.78 is 23.0. The minimum absolute atomic E-state index is 0.225. The molecule has 0 aliphatic carbocycles. The lowest BCUT2D eigenvalue weighted by molar-refractivity contribution is -0.136. The number of ether oxygens (including phenoxy) is 4. The van der Waals surface area contributed by atoms with Crippen LogP contribution in [0.2, 0.25) is 0 Å². The van der Waals surface area contributed by atoms with Crippen molar-refractivity contribution in [3.63, 3.8) is 0 Å². The quantitative estimate of drug-likeness (QED) is 0.634. The standard InChI is InChI=1S/C22H20N2O5S/c1-10-23-20-16(30-10)6-5-12-18(20)17(19-13(24-12)9-29-22(19)25)11-7-14(26-2)21(28-4)15(8-11)27-3/h5-8,17,24H,9H2,1-4H3. The van der Waals surface area contributed by atoms with Gasteiger partial charge in [0.2, 0.25) is 5.75 Å². The van der Waals surface area contributed by atoms with Gasteiger partial charge in [0.15, 0.2) is 11.5 Å². The van der Waals surface area contributed by atoms with Crippen molar-refractivity contribution in [1.29, 1.82) is 0 Å². The fourth-order valence-corrected chi connectivity index (χ4v) is 5.09. The number of carbonyl (C=O) groups is 1. The maximum atomic E-state index is 12.8. The first-order valence-corrected chi connectivity index (χ1v) is 10.2. The molecule has 0 fully saturated rings. The molecule has 0 bridgehead atoms. The number of cyclic esters (lactones) is 1. The van der Waals surface area contributed by atoms with E-state index in [4.69, 9.17) is 23.9 Å². The normalized spacial score (nSPS) is 17.3. The van der Waals surface area contributed by atoms with E-state index < -0.39 is 0 Å². The van der Waals surface area contributed by atoms with E-state index in [1.807, 2.05) is 25.1 Å². The van der Waals surface area contributed by atoms with Crippen molar-refractivity contribution in [2.24, 2.45) is 0 Å². The zero-order valence-electron chi connectivity index (χ0n) is 17.0. The van der Waals surface area contributed by atoms with Crippen molar-refractivity contribution >= 4 is 33.2 Å². The molecule has 0 amide bonds. The summed E-state index contributed by atoms with van der Waals surface area (Å²) in [6, 6.07) is 7.86. The van der Waals surface area contributed by atoms with Gasteiger partial charge in [0.25, 0.3) is 0 Å². The minimum Gasteiger partial charge on any atom is -0.493 e. The number of esters is 1. The van der Waals surface area contributed by atoms with E-state index in [1.54, 1.807) is 32.7 Å². The van der Waals surface area contributed by atoms with E-state index in [0.717, 1.165) is 37.7 Å². The van der Waals surface area contributed by atoms with E-state index in [-0.39, 0.29) is 18.5 Å². The Labute approximate surface area is 177 Å². The molecule has 5 rings (SSSR count). The fraction of sp³-hybridized carbons (Fsp3) is 0.273. The average molecular weight is 424 g/mol. The number of nitrogens with one attached hydrogen (secondary N) is 1. The number of anilines is 1. The molecule has 1 aromatic heterocycles. The third-order valence-electron chi connectivity index (χ3n) is 5.48. The molecule has 0 saturated carbocycles. The van der Waals surface area contributed by atoms with Crippen LogP contribution in [0, 0.1) is 6.92 Å². The number of aryl methyl sites for hydroxylation is 1. The minimum atomic E-state index is -0.370. The van der Waals surface area contributed by atoms with Crippen molar-refractivity contribution in [3.05, 3.63) is 51.7 Å². The van der Waals surface area contributed by atoms with Gasteiger partial charge in [-0.05, 0) is 36.8 Å². The fourth-order valence-electron chi connectivity index (χ4n) is 4.25. The highest BCUT2D eigenvalue weighted by atomic mass is 32.1. The SMILES string of the molecule is COc1cc(C2C3=C(COC3=O)Nc3ccc4sc(C)nc4c32)cc(OC)c1OC. The number of fused-ring (bicyclic) bond motifs is 3. The highest BCUT2D eigenvalue weighted by Gasteiger charge is 2.40. The maximum Gasteiger partial charge on any atom is 0.337 e. The van der Waals surface area contributed by atoms with Crippen LogP contribution in [0.4, 0.5) is 5.69 Å². The van der Waals surface area contributed by atoms with E-state index in [0.29, 0.717) is 22.8 Å². The number of thiazole rings is 1. The molecule has 2 aliphatic rings.